The first-order valence-electron chi connectivity index (χ1n) is 6.91. The molecule has 0 aliphatic heterocycles. The molecule has 0 aliphatic rings. The average molecular weight is 296 g/mol. The van der Waals surface area contributed by atoms with Gasteiger partial charge in [-0.1, -0.05) is 6.07 Å². The highest BCUT2D eigenvalue weighted by Gasteiger charge is 2.35. The van der Waals surface area contributed by atoms with Gasteiger partial charge in [-0.25, -0.2) is 4.98 Å². The lowest BCUT2D eigenvalue weighted by Crippen LogP contribution is -2.44. The number of methoxy groups -OCH3 is 1. The third kappa shape index (κ3) is 3.90. The topological polar surface area (TPSA) is 48.4 Å². The lowest BCUT2D eigenvalue weighted by atomic mass is 9.94. The molecular formula is C14H25BN2O2S. The van der Waals surface area contributed by atoms with Crippen LogP contribution in [0.15, 0.2) is 12.3 Å². The zero-order valence-corrected chi connectivity index (χ0v) is 14.4. The minimum atomic E-state index is -1.05. The van der Waals surface area contributed by atoms with Crippen molar-refractivity contribution in [2.24, 2.45) is 0 Å². The van der Waals surface area contributed by atoms with Crippen molar-refractivity contribution in [3.63, 3.8) is 0 Å². The van der Waals surface area contributed by atoms with Crippen LogP contribution < -0.4 is 10.2 Å². The summed E-state index contributed by atoms with van der Waals surface area (Å²) >= 11 is -1.05. The summed E-state index contributed by atoms with van der Waals surface area (Å²) in [5.74, 6) is 0.640. The molecule has 1 heterocycles. The van der Waals surface area contributed by atoms with Gasteiger partial charge in [0.15, 0.2) is 0 Å². The molecule has 6 heteroatoms. The van der Waals surface area contributed by atoms with Gasteiger partial charge in [-0.2, -0.15) is 0 Å². The van der Waals surface area contributed by atoms with Gasteiger partial charge >= 0.3 is 0 Å². The second-order valence-electron chi connectivity index (χ2n) is 5.87. The molecule has 1 rings (SSSR count). The fourth-order valence-corrected chi connectivity index (χ4v) is 3.43. The molecule has 1 unspecified atom stereocenters. The number of pyridine rings is 1. The average Bonchev–Trinajstić information content (AvgIpc) is 2.38. The Kier molecular flexibility index (Phi) is 5.92. The van der Waals surface area contributed by atoms with E-state index in [0.717, 1.165) is 17.6 Å². The van der Waals surface area contributed by atoms with Crippen molar-refractivity contribution in [1.82, 2.24) is 9.29 Å². The third-order valence-electron chi connectivity index (χ3n) is 3.21. The molecule has 0 saturated heterocycles. The van der Waals surface area contributed by atoms with E-state index in [-0.39, 0.29) is 10.8 Å². The normalized spacial score (nSPS) is 15.2. The first kappa shape index (κ1) is 17.3. The van der Waals surface area contributed by atoms with Crippen LogP contribution in [0.3, 0.4) is 0 Å². The summed E-state index contributed by atoms with van der Waals surface area (Å²) in [5, 5.41) is 0. The number of aromatic nitrogens is 1. The third-order valence-corrected chi connectivity index (χ3v) is 5.26. The number of hydrogen-bond acceptors (Lipinski definition) is 4. The molecule has 0 amide bonds. The van der Waals surface area contributed by atoms with Gasteiger partial charge < -0.3 is 9.29 Å². The van der Waals surface area contributed by atoms with Crippen LogP contribution in [0, 0.1) is 0 Å². The van der Waals surface area contributed by atoms with E-state index >= 15 is 0 Å². The number of nitrogens with zero attached hydrogens (tertiary/aromatic N) is 2. The Morgan fingerprint density at radius 1 is 1.50 bits per heavy atom. The van der Waals surface area contributed by atoms with E-state index in [1.165, 1.54) is 0 Å². The van der Waals surface area contributed by atoms with Gasteiger partial charge in [-0.3, -0.25) is 0 Å². The Labute approximate surface area is 126 Å². The minimum Gasteiger partial charge on any atom is -0.597 e. The van der Waals surface area contributed by atoms with Crippen molar-refractivity contribution >= 4 is 24.7 Å². The van der Waals surface area contributed by atoms with Crippen LogP contribution in [0.25, 0.3) is 0 Å². The maximum Gasteiger partial charge on any atom is 0.206 e. The zero-order valence-electron chi connectivity index (χ0n) is 13.6. The maximum absolute atomic E-state index is 12.6. The van der Waals surface area contributed by atoms with Crippen LogP contribution in [0.1, 0.15) is 46.2 Å². The van der Waals surface area contributed by atoms with Gasteiger partial charge in [0.1, 0.15) is 12.6 Å². The van der Waals surface area contributed by atoms with Crippen LogP contribution in [0.5, 0.6) is 5.88 Å². The molecule has 0 bridgehead atoms. The molecular weight excluding hydrogens is 271 g/mol. The van der Waals surface area contributed by atoms with Crippen LogP contribution in [0.4, 0.5) is 0 Å². The van der Waals surface area contributed by atoms with Crippen molar-refractivity contribution in [2.75, 3.05) is 13.7 Å². The predicted octanol–water partition coefficient (Wildman–Crippen LogP) is 1.19. The minimum absolute atomic E-state index is 0.0529. The summed E-state index contributed by atoms with van der Waals surface area (Å²) in [6.45, 7) is 10.8. The van der Waals surface area contributed by atoms with Crippen molar-refractivity contribution in [1.29, 1.82) is 0 Å². The molecule has 0 spiro atoms. The molecule has 20 heavy (non-hydrogen) atoms. The second kappa shape index (κ2) is 6.83. The van der Waals surface area contributed by atoms with Crippen LogP contribution in [-0.2, 0) is 11.4 Å². The van der Waals surface area contributed by atoms with Gasteiger partial charge in [0.2, 0.25) is 5.88 Å². The Morgan fingerprint density at radius 2 is 2.10 bits per heavy atom. The lowest BCUT2D eigenvalue weighted by molar-refractivity contribution is 0.343. The van der Waals surface area contributed by atoms with E-state index < -0.39 is 11.4 Å². The first-order valence-corrected chi connectivity index (χ1v) is 8.02. The van der Waals surface area contributed by atoms with Gasteiger partial charge in [-0.05, 0) is 45.6 Å². The summed E-state index contributed by atoms with van der Waals surface area (Å²) in [6, 6.07) is 2.11. The largest absolute Gasteiger partial charge is 0.597 e. The fraction of sp³-hybridized carbons (Fsp3) is 0.643. The molecule has 0 fully saturated rings. The summed E-state index contributed by atoms with van der Waals surface area (Å²) in [5.41, 5.74) is 2.05. The van der Waals surface area contributed by atoms with Crippen molar-refractivity contribution in [3.8, 4) is 5.88 Å². The summed E-state index contributed by atoms with van der Waals surface area (Å²) < 4.78 is 19.5. The quantitative estimate of drug-likeness (QED) is 0.605. The Morgan fingerprint density at radius 3 is 2.50 bits per heavy atom. The van der Waals surface area contributed by atoms with Crippen molar-refractivity contribution < 1.29 is 9.29 Å². The molecule has 0 saturated carbocycles. The van der Waals surface area contributed by atoms with E-state index in [2.05, 4.69) is 18.0 Å². The van der Waals surface area contributed by atoms with Gasteiger partial charge in [-0.15, -0.1) is 4.31 Å². The highest BCUT2D eigenvalue weighted by atomic mass is 32.2. The van der Waals surface area contributed by atoms with Crippen molar-refractivity contribution in [3.05, 3.63) is 17.8 Å². The molecule has 2 atom stereocenters. The van der Waals surface area contributed by atoms with Crippen molar-refractivity contribution in [2.45, 2.75) is 45.4 Å². The molecule has 0 radical (unpaired) electrons. The Hall–Kier alpha value is -0.715. The Balaban J connectivity index is 3.02. The van der Waals surface area contributed by atoms with E-state index in [9.17, 15) is 4.55 Å². The first-order chi connectivity index (χ1) is 9.22. The molecule has 112 valence electrons. The number of rotatable bonds is 5. The maximum atomic E-state index is 12.6. The van der Waals surface area contributed by atoms with E-state index in [0.29, 0.717) is 5.88 Å². The highest BCUT2D eigenvalue weighted by molar-refractivity contribution is 7.90. The molecule has 1 aromatic rings. The lowest BCUT2D eigenvalue weighted by Gasteiger charge is -2.35. The molecule has 0 N–H and O–H groups in total. The molecule has 1 aromatic heterocycles. The standard InChI is InChI=1S/C14H25BN2O2S/c1-7-17(20(18)14(3,4)5)10(2)11-8-12(15)13(19-6)16-9-11/h8-10H,7,15H2,1-6H3/t10?,20-/m0/s1. The second-order valence-corrected chi connectivity index (χ2v) is 8.06. The zero-order chi connectivity index (χ0) is 15.5. The molecule has 0 aliphatic carbocycles. The summed E-state index contributed by atoms with van der Waals surface area (Å²) in [6.07, 6.45) is 1.80. The van der Waals surface area contributed by atoms with Gasteiger partial charge in [0, 0.05) is 24.1 Å². The van der Waals surface area contributed by atoms with Crippen LogP contribution >= 0.6 is 0 Å². The van der Waals surface area contributed by atoms with Crippen LogP contribution in [-0.4, -0.2) is 40.1 Å². The highest BCUT2D eigenvalue weighted by Crippen LogP contribution is 2.29. The van der Waals surface area contributed by atoms with Gasteiger partial charge in [0.25, 0.3) is 0 Å². The monoisotopic (exact) mass is 296 g/mol. The predicted molar refractivity (Wildman–Crippen MR) is 87.7 cm³/mol. The van der Waals surface area contributed by atoms with Crippen LogP contribution in [0.2, 0.25) is 0 Å². The number of ether oxygens (including phenoxy) is 1. The molecule has 4 nitrogen and oxygen atoms in total. The van der Waals surface area contributed by atoms with E-state index in [4.69, 9.17) is 4.74 Å². The smallest absolute Gasteiger partial charge is 0.206 e. The SMILES string of the molecule is Bc1cc(C(C)N(CC)[S@@+]([O-])C(C)(C)C)cnc1OC. The van der Waals surface area contributed by atoms with E-state index in [1.54, 1.807) is 13.3 Å². The number of hydrogen-bond donors (Lipinski definition) is 0. The Bertz CT molecular complexity index is 451. The summed E-state index contributed by atoms with van der Waals surface area (Å²) in [4.78, 5) is 4.31. The summed E-state index contributed by atoms with van der Waals surface area (Å²) in [7, 11) is 3.59. The fourth-order valence-electron chi connectivity index (χ4n) is 2.08. The molecule has 0 aromatic carbocycles. The van der Waals surface area contributed by atoms with Gasteiger partial charge in [0.05, 0.1) is 13.2 Å². The van der Waals surface area contributed by atoms with E-state index in [1.807, 2.05) is 39.8 Å².